The van der Waals surface area contributed by atoms with Gasteiger partial charge in [0.2, 0.25) is 0 Å². The Balaban J connectivity index is 1.88. The summed E-state index contributed by atoms with van der Waals surface area (Å²) in [4.78, 5) is 38.1. The van der Waals surface area contributed by atoms with Crippen LogP contribution in [0.25, 0.3) is 6.08 Å². The first-order chi connectivity index (χ1) is 12.0. The van der Waals surface area contributed by atoms with Crippen LogP contribution in [0, 0.1) is 0 Å². The van der Waals surface area contributed by atoms with Gasteiger partial charge in [-0.2, -0.15) is 0 Å². The minimum absolute atomic E-state index is 0.204. The zero-order chi connectivity index (χ0) is 18.0. The van der Waals surface area contributed by atoms with E-state index in [1.54, 1.807) is 61.7 Å². The topological polar surface area (TPSA) is 63.7 Å². The third-order valence-electron chi connectivity index (χ3n) is 3.51. The first-order valence-electron chi connectivity index (χ1n) is 7.22. The number of methoxy groups -OCH3 is 1. The average Bonchev–Trinajstić information content (AvgIpc) is 2.89. The van der Waals surface area contributed by atoms with Gasteiger partial charge in [0.15, 0.2) is 0 Å². The fraction of sp³-hybridized carbons (Fsp3) is 0.0556. The highest BCUT2D eigenvalue weighted by Gasteiger charge is 2.40. The van der Waals surface area contributed by atoms with E-state index in [9.17, 15) is 14.4 Å². The number of ether oxygens (including phenoxy) is 1. The molecule has 0 radical (unpaired) electrons. The van der Waals surface area contributed by atoms with Gasteiger partial charge in [-0.25, -0.2) is 4.90 Å². The van der Waals surface area contributed by atoms with Crippen LogP contribution in [0.2, 0.25) is 0 Å². The van der Waals surface area contributed by atoms with Crippen LogP contribution in [0.4, 0.5) is 4.79 Å². The number of hydrogen-bond donors (Lipinski definition) is 0. The van der Waals surface area contributed by atoms with E-state index in [1.165, 1.54) is 0 Å². The molecule has 1 heterocycles. The summed E-state index contributed by atoms with van der Waals surface area (Å²) in [5.74, 6) is -0.575. The van der Waals surface area contributed by atoms with Crippen molar-refractivity contribution in [3.05, 3.63) is 69.0 Å². The third-order valence-corrected chi connectivity index (χ3v) is 5.08. The number of hydrogen-bond acceptors (Lipinski definition) is 5. The van der Waals surface area contributed by atoms with E-state index < -0.39 is 17.1 Å². The SMILES string of the molecule is COc1ccc(/C=C2/SC(=O)N(C(=O)c3ccccc3Br)C2=O)cc1. The Kier molecular flexibility index (Phi) is 5.06. The van der Waals surface area contributed by atoms with E-state index in [0.717, 1.165) is 17.3 Å². The fourth-order valence-corrected chi connectivity index (χ4v) is 3.52. The van der Waals surface area contributed by atoms with Crippen LogP contribution >= 0.6 is 27.7 Å². The summed E-state index contributed by atoms with van der Waals surface area (Å²) in [6, 6.07) is 13.7. The van der Waals surface area contributed by atoms with Gasteiger partial charge in [0, 0.05) is 4.47 Å². The van der Waals surface area contributed by atoms with Gasteiger partial charge in [-0.3, -0.25) is 14.4 Å². The second-order valence-electron chi connectivity index (χ2n) is 5.08. The zero-order valence-corrected chi connectivity index (χ0v) is 15.5. The molecule has 0 bridgehead atoms. The molecule has 7 heteroatoms. The van der Waals surface area contributed by atoms with E-state index in [0.29, 0.717) is 15.1 Å². The van der Waals surface area contributed by atoms with Crippen molar-refractivity contribution in [1.29, 1.82) is 0 Å². The molecule has 0 atom stereocenters. The number of imide groups is 3. The van der Waals surface area contributed by atoms with Crippen LogP contribution in [-0.2, 0) is 4.79 Å². The molecule has 0 unspecified atom stereocenters. The largest absolute Gasteiger partial charge is 0.497 e. The van der Waals surface area contributed by atoms with Crippen molar-refractivity contribution in [3.63, 3.8) is 0 Å². The van der Waals surface area contributed by atoms with Gasteiger partial charge in [-0.15, -0.1) is 0 Å². The molecular formula is C18H12BrNO4S. The number of rotatable bonds is 3. The van der Waals surface area contributed by atoms with Gasteiger partial charge >= 0.3 is 5.24 Å². The molecule has 1 saturated heterocycles. The molecule has 0 saturated carbocycles. The molecule has 3 rings (SSSR count). The quantitative estimate of drug-likeness (QED) is 0.549. The summed E-state index contributed by atoms with van der Waals surface area (Å²) in [6.07, 6.45) is 1.58. The Labute approximate surface area is 156 Å². The Hall–Kier alpha value is -2.38. The fourth-order valence-electron chi connectivity index (χ4n) is 2.25. The van der Waals surface area contributed by atoms with Crippen molar-refractivity contribution in [2.75, 3.05) is 7.11 Å². The van der Waals surface area contributed by atoms with Crippen molar-refractivity contribution in [1.82, 2.24) is 4.90 Å². The number of benzene rings is 2. The minimum atomic E-state index is -0.645. The molecule has 1 aliphatic rings. The summed E-state index contributed by atoms with van der Waals surface area (Å²) in [6.45, 7) is 0. The summed E-state index contributed by atoms with van der Waals surface area (Å²) >= 11 is 4.01. The number of carbonyl (C=O) groups excluding carboxylic acids is 3. The van der Waals surface area contributed by atoms with E-state index >= 15 is 0 Å². The lowest BCUT2D eigenvalue weighted by molar-refractivity contribution is -0.120. The maximum Gasteiger partial charge on any atom is 0.300 e. The van der Waals surface area contributed by atoms with Gasteiger partial charge in [0.05, 0.1) is 17.6 Å². The number of thioether (sulfide) groups is 1. The van der Waals surface area contributed by atoms with E-state index in [-0.39, 0.29) is 10.5 Å². The van der Waals surface area contributed by atoms with Gasteiger partial charge < -0.3 is 4.74 Å². The normalized spacial score (nSPS) is 15.8. The molecule has 5 nitrogen and oxygen atoms in total. The Morgan fingerprint density at radius 1 is 1.12 bits per heavy atom. The second kappa shape index (κ2) is 7.25. The maximum atomic E-state index is 12.6. The van der Waals surface area contributed by atoms with Gasteiger partial charge in [0.1, 0.15) is 5.75 Å². The molecule has 2 aromatic carbocycles. The number of amides is 3. The number of carbonyl (C=O) groups is 3. The molecule has 0 aliphatic carbocycles. The predicted octanol–water partition coefficient (Wildman–Crippen LogP) is 4.33. The van der Waals surface area contributed by atoms with Gasteiger partial charge in [0.25, 0.3) is 11.8 Å². The molecule has 126 valence electrons. The third kappa shape index (κ3) is 3.52. The van der Waals surface area contributed by atoms with Crippen molar-refractivity contribution in [3.8, 4) is 5.75 Å². The molecule has 0 N–H and O–H groups in total. The summed E-state index contributed by atoms with van der Waals surface area (Å²) in [5, 5.41) is -0.606. The van der Waals surface area contributed by atoms with Crippen LogP contribution in [0.3, 0.4) is 0 Å². The van der Waals surface area contributed by atoms with Crippen LogP contribution < -0.4 is 4.74 Å². The molecule has 0 aromatic heterocycles. The molecule has 3 amide bonds. The summed E-state index contributed by atoms with van der Waals surface area (Å²) < 4.78 is 5.61. The Morgan fingerprint density at radius 3 is 2.44 bits per heavy atom. The lowest BCUT2D eigenvalue weighted by atomic mass is 10.2. The maximum absolute atomic E-state index is 12.6. The monoisotopic (exact) mass is 417 g/mol. The van der Waals surface area contributed by atoms with Crippen molar-refractivity contribution in [2.45, 2.75) is 0 Å². The van der Waals surface area contributed by atoms with Gasteiger partial charge in [-0.05, 0) is 63.6 Å². The van der Waals surface area contributed by atoms with Gasteiger partial charge in [-0.1, -0.05) is 24.3 Å². The molecule has 1 aliphatic heterocycles. The molecule has 0 spiro atoms. The van der Waals surface area contributed by atoms with E-state index in [1.807, 2.05) is 0 Å². The van der Waals surface area contributed by atoms with E-state index in [2.05, 4.69) is 15.9 Å². The smallest absolute Gasteiger partial charge is 0.300 e. The van der Waals surface area contributed by atoms with Crippen molar-refractivity contribution < 1.29 is 19.1 Å². The summed E-state index contributed by atoms with van der Waals surface area (Å²) in [7, 11) is 1.56. The van der Waals surface area contributed by atoms with E-state index in [4.69, 9.17) is 4.74 Å². The van der Waals surface area contributed by atoms with Crippen LogP contribution in [0.5, 0.6) is 5.75 Å². The van der Waals surface area contributed by atoms with Crippen LogP contribution in [-0.4, -0.2) is 29.1 Å². The highest BCUT2D eigenvalue weighted by atomic mass is 79.9. The molecule has 1 fully saturated rings. The molecule has 25 heavy (non-hydrogen) atoms. The minimum Gasteiger partial charge on any atom is -0.497 e. The summed E-state index contributed by atoms with van der Waals surface area (Å²) in [5.41, 5.74) is 0.995. The molecular weight excluding hydrogens is 406 g/mol. The number of nitrogens with zero attached hydrogens (tertiary/aromatic N) is 1. The van der Waals surface area contributed by atoms with Crippen molar-refractivity contribution in [2.24, 2.45) is 0 Å². The van der Waals surface area contributed by atoms with Crippen molar-refractivity contribution >= 4 is 50.8 Å². The molecule has 2 aromatic rings. The highest BCUT2D eigenvalue weighted by Crippen LogP contribution is 2.34. The van der Waals surface area contributed by atoms with Crippen LogP contribution in [0.1, 0.15) is 15.9 Å². The Morgan fingerprint density at radius 2 is 1.80 bits per heavy atom. The first kappa shape index (κ1) is 17.4. The number of halogens is 1. The average molecular weight is 418 g/mol. The first-order valence-corrected chi connectivity index (χ1v) is 8.83. The Bertz CT molecular complexity index is 892. The lowest BCUT2D eigenvalue weighted by Crippen LogP contribution is -2.35. The standard InChI is InChI=1S/C18H12BrNO4S/c1-24-12-8-6-11(7-9-12)10-15-17(22)20(18(23)25-15)16(21)13-4-2-3-5-14(13)19/h2-10H,1H3/b15-10+. The predicted molar refractivity (Wildman–Crippen MR) is 99.3 cm³/mol. The second-order valence-corrected chi connectivity index (χ2v) is 6.92. The van der Waals surface area contributed by atoms with Crippen LogP contribution in [0.15, 0.2) is 57.9 Å². The lowest BCUT2D eigenvalue weighted by Gasteiger charge is -2.11. The zero-order valence-electron chi connectivity index (χ0n) is 13.1. The highest BCUT2D eigenvalue weighted by molar-refractivity contribution is 9.10.